The second kappa shape index (κ2) is 27.8. The molecule has 344 valence electrons. The number of ether oxygens (including phenoxy) is 4. The SMILES string of the molecule is CCCCCCCCCCCCOc1ccc(C(=O)Oc2ccc(-c3sc(-c4ccc(OC(=O)c5ccc(OCCCCCCCCCCCC)cc5)cc4)c4ccccc34)cc2)cc1. The van der Waals surface area contributed by atoms with Gasteiger partial charge in [-0.05, 0) is 121 Å². The molecule has 5 aromatic carbocycles. The summed E-state index contributed by atoms with van der Waals surface area (Å²) >= 11 is 1.70. The molecule has 0 aliphatic heterocycles. The summed E-state index contributed by atoms with van der Waals surface area (Å²) in [4.78, 5) is 28.3. The van der Waals surface area contributed by atoms with Gasteiger partial charge in [0.05, 0.1) is 24.3 Å². The second-order valence-corrected chi connectivity index (χ2v) is 18.3. The summed E-state index contributed by atoms with van der Waals surface area (Å²) < 4.78 is 23.4. The van der Waals surface area contributed by atoms with Gasteiger partial charge in [0, 0.05) is 20.5 Å². The maximum atomic E-state index is 13.0. The summed E-state index contributed by atoms with van der Waals surface area (Å²) in [7, 11) is 0. The molecule has 0 saturated heterocycles. The molecule has 1 aromatic heterocycles. The lowest BCUT2D eigenvalue weighted by molar-refractivity contribution is 0.0725. The van der Waals surface area contributed by atoms with Crippen LogP contribution in [0.5, 0.6) is 23.0 Å². The Labute approximate surface area is 392 Å². The van der Waals surface area contributed by atoms with E-state index < -0.39 is 11.9 Å². The van der Waals surface area contributed by atoms with Gasteiger partial charge in [0.15, 0.2) is 0 Å². The van der Waals surface area contributed by atoms with E-state index in [9.17, 15) is 9.59 Å². The number of rotatable bonds is 30. The Morgan fingerprint density at radius 1 is 0.369 bits per heavy atom. The van der Waals surface area contributed by atoms with E-state index in [0.717, 1.165) is 56.0 Å². The first-order chi connectivity index (χ1) is 32.0. The lowest BCUT2D eigenvalue weighted by atomic mass is 10.0. The number of hydrogen-bond acceptors (Lipinski definition) is 7. The number of hydrogen-bond donors (Lipinski definition) is 0. The van der Waals surface area contributed by atoms with Gasteiger partial charge in [-0.2, -0.15) is 0 Å². The van der Waals surface area contributed by atoms with Crippen molar-refractivity contribution in [2.24, 2.45) is 0 Å². The van der Waals surface area contributed by atoms with Crippen molar-refractivity contribution in [2.75, 3.05) is 13.2 Å². The van der Waals surface area contributed by atoms with Crippen LogP contribution in [0.3, 0.4) is 0 Å². The van der Waals surface area contributed by atoms with Crippen molar-refractivity contribution in [3.63, 3.8) is 0 Å². The minimum Gasteiger partial charge on any atom is -0.494 e. The number of esters is 2. The summed E-state index contributed by atoms with van der Waals surface area (Å²) in [6.45, 7) is 5.89. The second-order valence-electron chi connectivity index (χ2n) is 17.2. The van der Waals surface area contributed by atoms with Crippen molar-refractivity contribution < 1.29 is 28.5 Å². The van der Waals surface area contributed by atoms with E-state index in [1.54, 1.807) is 35.6 Å². The number of thiophene rings is 1. The van der Waals surface area contributed by atoms with Crippen LogP contribution in [0.2, 0.25) is 0 Å². The van der Waals surface area contributed by atoms with Crippen LogP contribution < -0.4 is 18.9 Å². The van der Waals surface area contributed by atoms with Gasteiger partial charge in [-0.15, -0.1) is 11.3 Å². The fourth-order valence-electron chi connectivity index (χ4n) is 8.13. The zero-order chi connectivity index (χ0) is 45.3. The lowest BCUT2D eigenvalue weighted by Gasteiger charge is -2.08. The van der Waals surface area contributed by atoms with Crippen LogP contribution in [0.1, 0.15) is 163 Å². The first-order valence-corrected chi connectivity index (χ1v) is 25.5. The molecule has 6 rings (SSSR count). The van der Waals surface area contributed by atoms with Crippen LogP contribution >= 0.6 is 11.3 Å². The fourth-order valence-corrected chi connectivity index (χ4v) is 9.42. The van der Waals surface area contributed by atoms with E-state index in [1.807, 2.05) is 84.9 Å². The quantitative estimate of drug-likeness (QED) is 0.0255. The maximum Gasteiger partial charge on any atom is 0.343 e. The standard InChI is InChI=1S/C58H70O6S/c1-3-5-7-9-11-13-15-17-19-23-43-61-49-35-31-47(32-36-49)57(59)63-51-39-27-45(28-40-51)55-53-25-21-22-26-54(53)56(65-55)46-29-41-52(42-30-46)64-58(60)48-33-37-50(38-34-48)62-44-24-20-18-16-14-12-10-8-6-4-2/h21-22,25-42H,3-20,23-24,43-44H2,1-2H3. The van der Waals surface area contributed by atoms with Crippen LogP contribution in [0.25, 0.3) is 31.7 Å². The van der Waals surface area contributed by atoms with E-state index in [-0.39, 0.29) is 0 Å². The first-order valence-electron chi connectivity index (χ1n) is 24.6. The van der Waals surface area contributed by atoms with Crippen LogP contribution in [-0.2, 0) is 0 Å². The normalized spacial score (nSPS) is 11.2. The van der Waals surface area contributed by atoms with Gasteiger partial charge in [-0.25, -0.2) is 9.59 Å². The maximum absolute atomic E-state index is 13.0. The van der Waals surface area contributed by atoms with Gasteiger partial charge >= 0.3 is 11.9 Å². The number of benzene rings is 5. The molecule has 0 fully saturated rings. The van der Waals surface area contributed by atoms with E-state index in [0.29, 0.717) is 35.8 Å². The van der Waals surface area contributed by atoms with Gasteiger partial charge < -0.3 is 18.9 Å². The van der Waals surface area contributed by atoms with E-state index >= 15 is 0 Å². The minimum atomic E-state index is -0.408. The van der Waals surface area contributed by atoms with E-state index in [4.69, 9.17) is 18.9 Å². The summed E-state index contributed by atoms with van der Waals surface area (Å²) in [6, 6.07) is 38.1. The molecule has 0 radical (unpaired) electrons. The predicted molar refractivity (Wildman–Crippen MR) is 270 cm³/mol. The molecule has 6 aromatic rings. The van der Waals surface area contributed by atoms with Gasteiger partial charge in [-0.1, -0.05) is 154 Å². The highest BCUT2D eigenvalue weighted by Crippen LogP contribution is 2.44. The molecule has 0 spiro atoms. The molecular formula is C58H70O6S. The average Bonchev–Trinajstić information content (AvgIpc) is 3.73. The highest BCUT2D eigenvalue weighted by Gasteiger charge is 2.16. The molecule has 0 saturated carbocycles. The summed E-state index contributed by atoms with van der Waals surface area (Å²) in [5.41, 5.74) is 3.01. The predicted octanol–water partition coefficient (Wildman–Crippen LogP) is 17.3. The van der Waals surface area contributed by atoms with Crippen molar-refractivity contribution in [3.05, 3.63) is 132 Å². The monoisotopic (exact) mass is 894 g/mol. The third kappa shape index (κ3) is 16.2. The fraction of sp³-hybridized carbons (Fsp3) is 0.414. The van der Waals surface area contributed by atoms with Crippen LogP contribution in [0.15, 0.2) is 121 Å². The van der Waals surface area contributed by atoms with Crippen molar-refractivity contribution in [1.29, 1.82) is 0 Å². The summed E-state index contributed by atoms with van der Waals surface area (Å²) in [5.74, 6) is 1.68. The highest BCUT2D eigenvalue weighted by molar-refractivity contribution is 7.21. The lowest BCUT2D eigenvalue weighted by Crippen LogP contribution is -2.08. The van der Waals surface area contributed by atoms with Gasteiger partial charge in [-0.3, -0.25) is 0 Å². The number of unbranched alkanes of at least 4 members (excludes halogenated alkanes) is 18. The van der Waals surface area contributed by atoms with E-state index in [2.05, 4.69) is 26.0 Å². The Hall–Kier alpha value is -5.40. The Bertz CT molecular complexity index is 2110. The zero-order valence-electron chi connectivity index (χ0n) is 39.0. The average molecular weight is 895 g/mol. The minimum absolute atomic E-state index is 0.408. The number of fused-ring (bicyclic) bond motifs is 1. The van der Waals surface area contributed by atoms with Crippen molar-refractivity contribution in [1.82, 2.24) is 0 Å². The topological polar surface area (TPSA) is 71.1 Å². The summed E-state index contributed by atoms with van der Waals surface area (Å²) in [6.07, 6.45) is 25.8. The zero-order valence-corrected chi connectivity index (χ0v) is 39.8. The first kappa shape index (κ1) is 49.0. The molecule has 65 heavy (non-hydrogen) atoms. The Morgan fingerprint density at radius 3 is 1.02 bits per heavy atom. The summed E-state index contributed by atoms with van der Waals surface area (Å²) in [5, 5.41) is 2.28. The number of carbonyl (C=O) groups excluding carboxylic acids is 2. The molecule has 7 heteroatoms. The largest absolute Gasteiger partial charge is 0.494 e. The van der Waals surface area contributed by atoms with Gasteiger partial charge in [0.2, 0.25) is 0 Å². The Kier molecular flexibility index (Phi) is 21.0. The highest BCUT2D eigenvalue weighted by atomic mass is 32.1. The smallest absolute Gasteiger partial charge is 0.343 e. The number of carbonyl (C=O) groups is 2. The van der Waals surface area contributed by atoms with Gasteiger partial charge in [0.25, 0.3) is 0 Å². The van der Waals surface area contributed by atoms with Crippen LogP contribution in [-0.4, -0.2) is 25.2 Å². The van der Waals surface area contributed by atoms with Crippen molar-refractivity contribution >= 4 is 34.0 Å². The molecule has 0 N–H and O–H groups in total. The molecule has 0 atom stereocenters. The molecule has 1 heterocycles. The van der Waals surface area contributed by atoms with Crippen molar-refractivity contribution in [2.45, 2.75) is 142 Å². The van der Waals surface area contributed by atoms with Crippen molar-refractivity contribution in [3.8, 4) is 43.9 Å². The Morgan fingerprint density at radius 2 is 0.677 bits per heavy atom. The van der Waals surface area contributed by atoms with Crippen LogP contribution in [0, 0.1) is 0 Å². The molecule has 0 aliphatic rings. The Balaban J connectivity index is 0.942. The van der Waals surface area contributed by atoms with Crippen LogP contribution in [0.4, 0.5) is 0 Å². The molecule has 0 bridgehead atoms. The van der Waals surface area contributed by atoms with Gasteiger partial charge in [0.1, 0.15) is 23.0 Å². The molecule has 0 aliphatic carbocycles. The molecule has 0 amide bonds. The third-order valence-corrected chi connectivity index (χ3v) is 13.3. The molecular weight excluding hydrogens is 825 g/mol. The molecule has 0 unspecified atom stereocenters. The molecule has 6 nitrogen and oxygen atoms in total. The third-order valence-electron chi connectivity index (χ3n) is 12.0. The van der Waals surface area contributed by atoms with E-state index in [1.165, 1.54) is 116 Å².